The van der Waals surface area contributed by atoms with Gasteiger partial charge < -0.3 is 19.3 Å². The fourth-order valence-electron chi connectivity index (χ4n) is 2.91. The van der Waals surface area contributed by atoms with Crippen molar-refractivity contribution in [2.45, 2.75) is 66.1 Å². The highest BCUT2D eigenvalue weighted by molar-refractivity contribution is 6.55. The van der Waals surface area contributed by atoms with Gasteiger partial charge in [-0.15, -0.1) is 0 Å². The molecule has 0 aromatic carbocycles. The zero-order chi connectivity index (χ0) is 16.9. The van der Waals surface area contributed by atoms with Gasteiger partial charge in [0, 0.05) is 13.1 Å². The van der Waals surface area contributed by atoms with Gasteiger partial charge in [0.25, 0.3) is 0 Å². The van der Waals surface area contributed by atoms with Crippen LogP contribution in [0.25, 0.3) is 0 Å². The molecular weight excluding hydrogens is 281 g/mol. The number of hydrogen-bond acceptors (Lipinski definition) is 3. The lowest BCUT2D eigenvalue weighted by Crippen LogP contribution is -2.42. The molecule has 1 N–H and O–H groups in total. The van der Waals surface area contributed by atoms with Gasteiger partial charge in [-0.2, -0.15) is 0 Å². The summed E-state index contributed by atoms with van der Waals surface area (Å²) in [5.41, 5.74) is 1.35. The Balaban J connectivity index is 2.37. The van der Waals surface area contributed by atoms with E-state index in [0.717, 1.165) is 11.0 Å². The summed E-state index contributed by atoms with van der Waals surface area (Å²) in [6.07, 6.45) is -0.204. The lowest BCUT2D eigenvalue weighted by molar-refractivity contribution is 0.00578. The molecule has 1 amide bonds. The summed E-state index contributed by atoms with van der Waals surface area (Å²) in [6, 6.07) is 0. The van der Waals surface area contributed by atoms with Crippen molar-refractivity contribution in [2.24, 2.45) is 5.41 Å². The lowest BCUT2D eigenvalue weighted by Gasteiger charge is -2.36. The number of nitrogens with zero attached hydrogens (tertiary/aromatic N) is 1. The summed E-state index contributed by atoms with van der Waals surface area (Å²) in [5.74, 6) is 0. The quantitative estimate of drug-likeness (QED) is 0.755. The molecule has 124 valence electrons. The van der Waals surface area contributed by atoms with Gasteiger partial charge in [0.2, 0.25) is 0 Å². The molecule has 0 saturated carbocycles. The third-order valence-electron chi connectivity index (χ3n) is 5.10. The highest BCUT2D eigenvalue weighted by Crippen LogP contribution is 2.42. The second kappa shape index (κ2) is 5.27. The van der Waals surface area contributed by atoms with Crippen molar-refractivity contribution in [3.63, 3.8) is 0 Å². The zero-order valence-electron chi connectivity index (χ0n) is 14.8. The molecule has 0 bridgehead atoms. The van der Waals surface area contributed by atoms with Gasteiger partial charge in [-0.1, -0.05) is 20.8 Å². The van der Waals surface area contributed by atoms with Crippen LogP contribution in [0, 0.1) is 5.41 Å². The van der Waals surface area contributed by atoms with Crippen LogP contribution < -0.4 is 0 Å². The molecule has 0 unspecified atom stereocenters. The van der Waals surface area contributed by atoms with Crippen molar-refractivity contribution >= 4 is 13.2 Å². The molecule has 2 rings (SSSR count). The summed E-state index contributed by atoms with van der Waals surface area (Å²) in [7, 11) is -0.379. The molecule has 0 aromatic heterocycles. The van der Waals surface area contributed by atoms with Crippen LogP contribution >= 0.6 is 0 Å². The summed E-state index contributed by atoms with van der Waals surface area (Å²) in [4.78, 5) is 12.8. The summed E-state index contributed by atoms with van der Waals surface area (Å²) in [5, 5.41) is 9.28. The average molecular weight is 309 g/mol. The minimum Gasteiger partial charge on any atom is -0.465 e. The molecule has 6 heteroatoms. The molecule has 0 radical (unpaired) electrons. The Kier molecular flexibility index (Phi) is 4.16. The monoisotopic (exact) mass is 309 g/mol. The highest BCUT2D eigenvalue weighted by atomic mass is 16.7. The predicted molar refractivity (Wildman–Crippen MR) is 86.8 cm³/mol. The van der Waals surface area contributed by atoms with E-state index in [0.29, 0.717) is 19.5 Å². The Bertz CT molecular complexity index is 489. The smallest absolute Gasteiger partial charge is 0.465 e. The Labute approximate surface area is 133 Å². The summed E-state index contributed by atoms with van der Waals surface area (Å²) in [6.45, 7) is 15.4. The Hall–Kier alpha value is -1.01. The molecule has 2 aliphatic heterocycles. The number of carboxylic acid groups (broad SMARTS) is 1. The van der Waals surface area contributed by atoms with Gasteiger partial charge in [-0.05, 0) is 50.6 Å². The molecule has 0 aliphatic carbocycles. The first kappa shape index (κ1) is 17.4. The van der Waals surface area contributed by atoms with E-state index in [1.54, 1.807) is 0 Å². The third kappa shape index (κ3) is 3.04. The van der Waals surface area contributed by atoms with Crippen LogP contribution in [0.4, 0.5) is 4.79 Å². The van der Waals surface area contributed by atoms with Crippen LogP contribution in [-0.2, 0) is 9.31 Å². The molecular formula is C16H28BNO4. The van der Waals surface area contributed by atoms with Gasteiger partial charge in [0.15, 0.2) is 0 Å². The average Bonchev–Trinajstić information content (AvgIpc) is 2.56. The minimum absolute atomic E-state index is 0.118. The molecule has 1 fully saturated rings. The maximum absolute atomic E-state index is 11.3. The van der Waals surface area contributed by atoms with Crippen LogP contribution in [0.5, 0.6) is 0 Å². The van der Waals surface area contributed by atoms with Gasteiger partial charge >= 0.3 is 13.2 Å². The number of hydrogen-bond donors (Lipinski definition) is 1. The van der Waals surface area contributed by atoms with E-state index in [2.05, 4.69) is 20.8 Å². The summed E-state index contributed by atoms with van der Waals surface area (Å²) < 4.78 is 12.4. The predicted octanol–water partition coefficient (Wildman–Crippen LogP) is 3.34. The maximum atomic E-state index is 11.3. The first-order valence-electron chi connectivity index (χ1n) is 7.91. The van der Waals surface area contributed by atoms with Gasteiger partial charge in [-0.3, -0.25) is 0 Å². The summed E-state index contributed by atoms with van der Waals surface area (Å²) >= 11 is 0. The molecule has 2 heterocycles. The van der Waals surface area contributed by atoms with E-state index in [-0.39, 0.29) is 23.7 Å². The maximum Gasteiger partial charge on any atom is 0.490 e. The normalized spacial score (nSPS) is 24.9. The van der Waals surface area contributed by atoms with E-state index in [1.807, 2.05) is 27.7 Å². The molecule has 0 aromatic rings. The van der Waals surface area contributed by atoms with Crippen molar-refractivity contribution in [1.82, 2.24) is 4.90 Å². The van der Waals surface area contributed by atoms with Crippen LogP contribution in [0.15, 0.2) is 11.0 Å². The van der Waals surface area contributed by atoms with Crippen LogP contribution in [0.3, 0.4) is 0 Å². The SMILES string of the molecule is CC(C)(C)C1=C(B2OC(C)(C)C(C)(C)O2)CCN(C(=O)O)C1. The van der Waals surface area contributed by atoms with E-state index >= 15 is 0 Å². The fourth-order valence-corrected chi connectivity index (χ4v) is 2.91. The standard InChI is InChI=1S/C16H28BNO4/c1-14(2,3)11-10-18(13(19)20)9-8-12(11)17-21-15(4,5)16(6,7)22-17/h8-10H2,1-7H3,(H,19,20). The fraction of sp³-hybridized carbons (Fsp3) is 0.812. The van der Waals surface area contributed by atoms with Crippen molar-refractivity contribution < 1.29 is 19.2 Å². The zero-order valence-corrected chi connectivity index (χ0v) is 14.8. The Morgan fingerprint density at radius 2 is 1.68 bits per heavy atom. The second-order valence-corrected chi connectivity index (χ2v) is 8.30. The molecule has 0 atom stereocenters. The largest absolute Gasteiger partial charge is 0.490 e. The van der Waals surface area contributed by atoms with Gasteiger partial charge in [0.05, 0.1) is 11.2 Å². The first-order valence-corrected chi connectivity index (χ1v) is 7.91. The number of rotatable bonds is 1. The lowest BCUT2D eigenvalue weighted by atomic mass is 9.66. The van der Waals surface area contributed by atoms with Crippen molar-refractivity contribution in [2.75, 3.05) is 13.1 Å². The van der Waals surface area contributed by atoms with E-state index in [9.17, 15) is 9.90 Å². The van der Waals surface area contributed by atoms with Crippen LogP contribution in [0.1, 0.15) is 54.9 Å². The van der Waals surface area contributed by atoms with E-state index < -0.39 is 6.09 Å². The topological polar surface area (TPSA) is 59.0 Å². The second-order valence-electron chi connectivity index (χ2n) is 8.30. The van der Waals surface area contributed by atoms with Crippen LogP contribution in [-0.4, -0.2) is 47.5 Å². The van der Waals surface area contributed by atoms with Crippen molar-refractivity contribution in [3.05, 3.63) is 11.0 Å². The van der Waals surface area contributed by atoms with E-state index in [4.69, 9.17) is 9.31 Å². The van der Waals surface area contributed by atoms with Crippen molar-refractivity contribution in [1.29, 1.82) is 0 Å². The molecule has 22 heavy (non-hydrogen) atoms. The Morgan fingerprint density at radius 1 is 1.18 bits per heavy atom. The number of carbonyl (C=O) groups is 1. The molecule has 1 saturated heterocycles. The van der Waals surface area contributed by atoms with Gasteiger partial charge in [-0.25, -0.2) is 4.79 Å². The van der Waals surface area contributed by atoms with Crippen molar-refractivity contribution in [3.8, 4) is 0 Å². The van der Waals surface area contributed by atoms with E-state index in [1.165, 1.54) is 4.90 Å². The molecule has 2 aliphatic rings. The van der Waals surface area contributed by atoms with Crippen LogP contribution in [0.2, 0.25) is 0 Å². The third-order valence-corrected chi connectivity index (χ3v) is 5.10. The minimum atomic E-state index is -0.866. The molecule has 5 nitrogen and oxygen atoms in total. The Morgan fingerprint density at radius 3 is 2.09 bits per heavy atom. The highest BCUT2D eigenvalue weighted by Gasteiger charge is 2.53. The van der Waals surface area contributed by atoms with Gasteiger partial charge in [0.1, 0.15) is 0 Å². The first-order chi connectivity index (χ1) is 9.85. The molecule has 0 spiro atoms. The number of amides is 1.